The van der Waals surface area contributed by atoms with Crippen LogP contribution in [0.15, 0.2) is 36.9 Å². The van der Waals surface area contributed by atoms with Gasteiger partial charge in [-0.2, -0.15) is 0 Å². The van der Waals surface area contributed by atoms with Crippen molar-refractivity contribution in [3.8, 4) is 5.75 Å². The summed E-state index contributed by atoms with van der Waals surface area (Å²) < 4.78 is 13.8. The molecule has 0 spiro atoms. The minimum absolute atomic E-state index is 0. The Kier molecular flexibility index (Phi) is 9.05. The maximum Gasteiger partial charge on any atom is 0.516 e. The predicted octanol–water partition coefficient (Wildman–Crippen LogP) is 2.72. The Morgan fingerprint density at radius 1 is 1.25 bits per heavy atom. The third-order valence-electron chi connectivity index (χ3n) is 1.95. The molecule has 0 aromatic heterocycles. The van der Waals surface area contributed by atoms with Gasteiger partial charge in [0.15, 0.2) is 5.97 Å². The Bertz CT molecular complexity index is 479. The van der Waals surface area contributed by atoms with Crippen molar-refractivity contribution in [1.82, 2.24) is 0 Å². The fourth-order valence-corrected chi connectivity index (χ4v) is 1.15. The zero-order valence-corrected chi connectivity index (χ0v) is 13.8. The van der Waals surface area contributed by atoms with Gasteiger partial charge in [0, 0.05) is 21.1 Å². The molecule has 0 bridgehead atoms. The van der Waals surface area contributed by atoms with Crippen LogP contribution in [0.1, 0.15) is 12.5 Å². The number of allylic oxidation sites excluding steroid dienone is 1. The number of hydrogen-bond acceptors (Lipinski definition) is 5. The van der Waals surface area contributed by atoms with Gasteiger partial charge < -0.3 is 20.3 Å². The van der Waals surface area contributed by atoms with E-state index < -0.39 is 18.9 Å². The third kappa shape index (κ3) is 6.90. The van der Waals surface area contributed by atoms with Crippen molar-refractivity contribution in [3.05, 3.63) is 48.6 Å². The molecule has 0 heterocycles. The smallest absolute Gasteiger partial charge is 0.454 e. The van der Waals surface area contributed by atoms with Crippen molar-refractivity contribution in [2.45, 2.75) is 6.92 Å². The summed E-state index contributed by atoms with van der Waals surface area (Å²) in [6, 6.07) is 6.82. The molecule has 1 rings (SSSR count). The van der Waals surface area contributed by atoms with E-state index in [1.807, 2.05) is 25.2 Å². The number of benzene rings is 1. The molecule has 0 radical (unpaired) electrons. The largest absolute Gasteiger partial charge is 0.516 e. The predicted molar refractivity (Wildman–Crippen MR) is 68.1 cm³/mol. The van der Waals surface area contributed by atoms with Crippen molar-refractivity contribution in [3.63, 3.8) is 0 Å². The van der Waals surface area contributed by atoms with Crippen molar-refractivity contribution in [1.29, 1.82) is 0 Å². The number of ether oxygens (including phenoxy) is 3. The van der Waals surface area contributed by atoms with Gasteiger partial charge in [0.05, 0.1) is 0 Å². The van der Waals surface area contributed by atoms with Gasteiger partial charge in [-0.3, -0.25) is 11.4 Å². The van der Waals surface area contributed by atoms with Crippen LogP contribution in [0.2, 0.25) is 0 Å². The zero-order chi connectivity index (χ0) is 14.1. The van der Waals surface area contributed by atoms with E-state index in [1.54, 1.807) is 24.3 Å². The van der Waals surface area contributed by atoms with Crippen LogP contribution in [0.5, 0.6) is 5.75 Å². The van der Waals surface area contributed by atoms with E-state index in [1.165, 1.54) is 0 Å². The Morgan fingerprint density at radius 2 is 1.90 bits per heavy atom. The number of rotatable bonds is 5. The molecule has 1 aromatic carbocycles. The van der Waals surface area contributed by atoms with Crippen LogP contribution in [-0.2, 0) is 35.3 Å². The molecule has 0 aliphatic rings. The first-order valence-corrected chi connectivity index (χ1v) is 5.43. The number of carbonyl (C=O) groups excluding carboxylic acids is 2. The third-order valence-corrected chi connectivity index (χ3v) is 1.95. The van der Waals surface area contributed by atoms with Crippen molar-refractivity contribution < 1.29 is 44.9 Å². The van der Waals surface area contributed by atoms with E-state index in [-0.39, 0.29) is 21.1 Å². The monoisotopic (exact) mass is 445 g/mol. The average molecular weight is 445 g/mol. The Morgan fingerprint density at radius 3 is 2.45 bits per heavy atom. The van der Waals surface area contributed by atoms with Gasteiger partial charge in [-0.05, 0) is 24.6 Å². The molecule has 0 saturated heterocycles. The molecule has 1 aromatic rings. The van der Waals surface area contributed by atoms with E-state index in [0.29, 0.717) is 5.75 Å². The molecular weight excluding hydrogens is 432 g/mol. The maximum absolute atomic E-state index is 11.2. The SMILES string of the molecule is C=[C-]C(=O)OCOC(=O)Oc1ccc(C=CC)cc1.[W]. The van der Waals surface area contributed by atoms with Crippen molar-refractivity contribution >= 4 is 18.2 Å². The molecule has 0 atom stereocenters. The second kappa shape index (κ2) is 9.98. The molecule has 0 N–H and O–H groups in total. The summed E-state index contributed by atoms with van der Waals surface area (Å²) in [5.41, 5.74) is 0.985. The van der Waals surface area contributed by atoms with E-state index in [2.05, 4.69) is 16.1 Å². The molecular formula is C14H13O5W-. The van der Waals surface area contributed by atoms with Gasteiger partial charge in [0.1, 0.15) is 5.75 Å². The molecule has 0 amide bonds. The Labute approximate surface area is 131 Å². The first-order valence-electron chi connectivity index (χ1n) is 5.43. The van der Waals surface area contributed by atoms with Gasteiger partial charge in [-0.15, -0.1) is 0 Å². The van der Waals surface area contributed by atoms with Crippen LogP contribution in [0.25, 0.3) is 6.08 Å². The van der Waals surface area contributed by atoms with Crippen LogP contribution in [-0.4, -0.2) is 18.9 Å². The topological polar surface area (TPSA) is 61.8 Å². The van der Waals surface area contributed by atoms with Gasteiger partial charge in [0.2, 0.25) is 6.79 Å². The fourth-order valence-electron chi connectivity index (χ4n) is 1.15. The molecule has 6 heteroatoms. The van der Waals surface area contributed by atoms with Gasteiger partial charge in [0.25, 0.3) is 0 Å². The Balaban J connectivity index is 0.00000361. The maximum atomic E-state index is 11.2. The second-order valence-electron chi connectivity index (χ2n) is 3.29. The number of esters is 1. The summed E-state index contributed by atoms with van der Waals surface area (Å²) in [6.45, 7) is 4.43. The average Bonchev–Trinajstić information content (AvgIpc) is 2.41. The van der Waals surface area contributed by atoms with E-state index >= 15 is 0 Å². The molecule has 0 aliphatic heterocycles. The number of hydrogen-bond donors (Lipinski definition) is 0. The van der Waals surface area contributed by atoms with E-state index in [9.17, 15) is 9.59 Å². The fraction of sp³-hybridized carbons (Fsp3) is 0.143. The van der Waals surface area contributed by atoms with Crippen LogP contribution in [0, 0.1) is 6.08 Å². The molecule has 0 fully saturated rings. The summed E-state index contributed by atoms with van der Waals surface area (Å²) in [5, 5.41) is 0. The van der Waals surface area contributed by atoms with Crippen molar-refractivity contribution in [2.24, 2.45) is 0 Å². The van der Waals surface area contributed by atoms with Crippen molar-refractivity contribution in [2.75, 3.05) is 6.79 Å². The van der Waals surface area contributed by atoms with Crippen LogP contribution in [0.3, 0.4) is 0 Å². The summed E-state index contributed by atoms with van der Waals surface area (Å²) >= 11 is 0. The van der Waals surface area contributed by atoms with E-state index in [0.717, 1.165) is 5.56 Å². The quantitative estimate of drug-likeness (QED) is 0.230. The van der Waals surface area contributed by atoms with E-state index in [4.69, 9.17) is 4.74 Å². The van der Waals surface area contributed by atoms with Crippen LogP contribution < -0.4 is 4.74 Å². The van der Waals surface area contributed by atoms with Gasteiger partial charge in [-0.1, -0.05) is 24.3 Å². The number of carbonyl (C=O) groups is 2. The Hall–Kier alpha value is -1.87. The normalized spacial score (nSPS) is 9.45. The zero-order valence-electron chi connectivity index (χ0n) is 10.8. The first-order chi connectivity index (χ1) is 9.15. The minimum atomic E-state index is -0.962. The van der Waals surface area contributed by atoms with Crippen LogP contribution >= 0.6 is 0 Å². The molecule has 106 valence electrons. The molecule has 0 aliphatic carbocycles. The molecule has 0 saturated carbocycles. The van der Waals surface area contributed by atoms with Gasteiger partial charge in [-0.25, -0.2) is 4.79 Å². The summed E-state index contributed by atoms with van der Waals surface area (Å²) in [5.74, 6) is -0.469. The summed E-state index contributed by atoms with van der Waals surface area (Å²) in [7, 11) is 0. The molecule has 0 unspecified atom stereocenters. The molecule has 5 nitrogen and oxygen atoms in total. The summed E-state index contributed by atoms with van der Waals surface area (Å²) in [4.78, 5) is 21.8. The first kappa shape index (κ1) is 18.1. The minimum Gasteiger partial charge on any atom is -0.454 e. The van der Waals surface area contributed by atoms with Gasteiger partial charge >= 0.3 is 6.16 Å². The standard InChI is InChI=1S/C14H13O5.W/c1-3-5-11-6-8-12(9-7-11)19-14(16)18-10-17-13(15)4-2;/h3,5-9H,2,10H2,1H3;/q-1;. The molecule has 20 heavy (non-hydrogen) atoms. The second-order valence-corrected chi connectivity index (χ2v) is 3.29. The summed E-state index contributed by atoms with van der Waals surface area (Å²) in [6.07, 6.45) is 4.80. The van der Waals surface area contributed by atoms with Crippen LogP contribution in [0.4, 0.5) is 4.79 Å².